The molecule has 2 N–H and O–H groups in total. The highest BCUT2D eigenvalue weighted by Crippen LogP contribution is 1.92. The van der Waals surface area contributed by atoms with Crippen molar-refractivity contribution in [3.05, 3.63) is 0 Å². The summed E-state index contributed by atoms with van der Waals surface area (Å²) in [6.07, 6.45) is 0.423. The number of carbonyl (C=O) groups is 2. The molecule has 0 heterocycles. The van der Waals surface area contributed by atoms with E-state index < -0.39 is 0 Å². The number of nitrogens with zero attached hydrogens (tertiary/aromatic N) is 1. The topological polar surface area (TPSA) is 61.4 Å². The van der Waals surface area contributed by atoms with Gasteiger partial charge in [0.2, 0.25) is 11.8 Å². The molecule has 0 bridgehead atoms. The van der Waals surface area contributed by atoms with Gasteiger partial charge in [0.25, 0.3) is 0 Å². The van der Waals surface area contributed by atoms with E-state index in [1.165, 1.54) is 4.90 Å². The Bertz CT molecular complexity index is 265. The Hall–Kier alpha value is -1.10. The van der Waals surface area contributed by atoms with Crippen LogP contribution in [0.1, 0.15) is 34.1 Å². The summed E-state index contributed by atoms with van der Waals surface area (Å²) in [5, 5.41) is 5.97. The average molecular weight is 257 g/mol. The van der Waals surface area contributed by atoms with Crippen LogP contribution in [-0.4, -0.2) is 49.4 Å². The zero-order valence-corrected chi connectivity index (χ0v) is 12.2. The lowest BCUT2D eigenvalue weighted by Gasteiger charge is -2.18. The first-order valence-corrected chi connectivity index (χ1v) is 6.57. The minimum Gasteiger partial charge on any atom is -0.354 e. The Morgan fingerprint density at radius 1 is 1.17 bits per heavy atom. The van der Waals surface area contributed by atoms with Crippen molar-refractivity contribution >= 4 is 11.8 Å². The third kappa shape index (κ3) is 8.98. The van der Waals surface area contributed by atoms with E-state index in [1.807, 2.05) is 27.7 Å². The number of likely N-dealkylation sites (N-methyl/N-ethyl adjacent to an activating group) is 1. The van der Waals surface area contributed by atoms with E-state index in [2.05, 4.69) is 10.6 Å². The molecule has 2 amide bonds. The highest BCUT2D eigenvalue weighted by molar-refractivity contribution is 5.84. The fourth-order valence-electron chi connectivity index (χ4n) is 1.34. The standard InChI is InChI=1S/C13H27N3O2/c1-10(2)8-15-12(17)9-16(5)13(18)6-7-14-11(3)4/h10-11,14H,6-9H2,1-5H3,(H,15,17). The summed E-state index contributed by atoms with van der Waals surface area (Å²) in [5.74, 6) is 0.310. The van der Waals surface area contributed by atoms with Crippen LogP contribution in [0.3, 0.4) is 0 Å². The lowest BCUT2D eigenvalue weighted by Crippen LogP contribution is -2.40. The van der Waals surface area contributed by atoms with E-state index in [1.54, 1.807) is 7.05 Å². The summed E-state index contributed by atoms with van der Waals surface area (Å²) in [6, 6.07) is 0.373. The number of hydrogen-bond donors (Lipinski definition) is 2. The van der Waals surface area contributed by atoms with Gasteiger partial charge in [-0.25, -0.2) is 0 Å². The first kappa shape index (κ1) is 16.9. The predicted octanol–water partition coefficient (Wildman–Crippen LogP) is 0.605. The molecule has 5 heteroatoms. The molecular weight excluding hydrogens is 230 g/mol. The first-order chi connectivity index (χ1) is 8.32. The molecule has 0 rings (SSSR count). The number of hydrogen-bond acceptors (Lipinski definition) is 3. The molecule has 0 spiro atoms. The third-order valence-corrected chi connectivity index (χ3v) is 2.41. The zero-order valence-electron chi connectivity index (χ0n) is 12.2. The van der Waals surface area contributed by atoms with E-state index in [-0.39, 0.29) is 18.4 Å². The number of rotatable bonds is 8. The van der Waals surface area contributed by atoms with Gasteiger partial charge in [0.1, 0.15) is 0 Å². The van der Waals surface area contributed by atoms with E-state index in [4.69, 9.17) is 0 Å². The van der Waals surface area contributed by atoms with Gasteiger partial charge in [-0.1, -0.05) is 27.7 Å². The molecule has 0 fully saturated rings. The molecule has 0 atom stereocenters. The van der Waals surface area contributed by atoms with Gasteiger partial charge in [-0.3, -0.25) is 9.59 Å². The van der Waals surface area contributed by atoms with Gasteiger partial charge < -0.3 is 15.5 Å². The van der Waals surface area contributed by atoms with Gasteiger partial charge in [-0.05, 0) is 5.92 Å². The van der Waals surface area contributed by atoms with E-state index in [0.717, 1.165) is 0 Å². The Morgan fingerprint density at radius 2 is 1.78 bits per heavy atom. The van der Waals surface area contributed by atoms with Gasteiger partial charge in [-0.15, -0.1) is 0 Å². The van der Waals surface area contributed by atoms with Crippen LogP contribution in [0.25, 0.3) is 0 Å². The molecule has 0 aromatic heterocycles. The summed E-state index contributed by atoms with van der Waals surface area (Å²) in [7, 11) is 1.66. The highest BCUT2D eigenvalue weighted by Gasteiger charge is 2.12. The summed E-state index contributed by atoms with van der Waals surface area (Å²) >= 11 is 0. The van der Waals surface area contributed by atoms with Crippen LogP contribution in [0.5, 0.6) is 0 Å². The van der Waals surface area contributed by atoms with E-state index in [0.29, 0.717) is 31.5 Å². The van der Waals surface area contributed by atoms with Crippen LogP contribution < -0.4 is 10.6 Å². The van der Waals surface area contributed by atoms with Crippen molar-refractivity contribution in [1.82, 2.24) is 15.5 Å². The zero-order chi connectivity index (χ0) is 14.1. The molecule has 0 radical (unpaired) electrons. The first-order valence-electron chi connectivity index (χ1n) is 6.57. The van der Waals surface area contributed by atoms with Crippen molar-refractivity contribution in [2.45, 2.75) is 40.2 Å². The van der Waals surface area contributed by atoms with Crippen molar-refractivity contribution in [3.63, 3.8) is 0 Å². The second-order valence-electron chi connectivity index (χ2n) is 5.31. The molecule has 106 valence electrons. The number of amides is 2. The lowest BCUT2D eigenvalue weighted by atomic mass is 10.2. The predicted molar refractivity (Wildman–Crippen MR) is 73.2 cm³/mol. The van der Waals surface area contributed by atoms with Crippen LogP contribution in [0.15, 0.2) is 0 Å². The molecule has 0 aliphatic carbocycles. The van der Waals surface area contributed by atoms with Gasteiger partial charge >= 0.3 is 0 Å². The molecule has 0 aromatic carbocycles. The van der Waals surface area contributed by atoms with Gasteiger partial charge in [0, 0.05) is 32.6 Å². The second kappa shape index (κ2) is 8.91. The van der Waals surface area contributed by atoms with Gasteiger partial charge in [-0.2, -0.15) is 0 Å². The largest absolute Gasteiger partial charge is 0.354 e. The lowest BCUT2D eigenvalue weighted by molar-refractivity contribution is -0.134. The van der Waals surface area contributed by atoms with Crippen LogP contribution in [0.2, 0.25) is 0 Å². The Labute approximate surface area is 110 Å². The summed E-state index contributed by atoms with van der Waals surface area (Å²) in [4.78, 5) is 24.7. The van der Waals surface area contributed by atoms with Crippen molar-refractivity contribution in [1.29, 1.82) is 0 Å². The SMILES string of the molecule is CC(C)CNC(=O)CN(C)C(=O)CCNC(C)C. The Morgan fingerprint density at radius 3 is 2.28 bits per heavy atom. The van der Waals surface area contributed by atoms with Gasteiger partial charge in [0.15, 0.2) is 0 Å². The third-order valence-electron chi connectivity index (χ3n) is 2.41. The maximum atomic E-state index is 11.7. The van der Waals surface area contributed by atoms with E-state index in [9.17, 15) is 9.59 Å². The fourth-order valence-corrected chi connectivity index (χ4v) is 1.34. The molecule has 18 heavy (non-hydrogen) atoms. The fraction of sp³-hybridized carbons (Fsp3) is 0.846. The molecule has 5 nitrogen and oxygen atoms in total. The quantitative estimate of drug-likeness (QED) is 0.669. The molecule has 0 aromatic rings. The number of nitrogens with one attached hydrogen (secondary N) is 2. The maximum Gasteiger partial charge on any atom is 0.239 e. The smallest absolute Gasteiger partial charge is 0.239 e. The van der Waals surface area contributed by atoms with E-state index >= 15 is 0 Å². The van der Waals surface area contributed by atoms with Crippen LogP contribution >= 0.6 is 0 Å². The second-order valence-corrected chi connectivity index (χ2v) is 5.31. The van der Waals surface area contributed by atoms with Crippen LogP contribution in [-0.2, 0) is 9.59 Å². The highest BCUT2D eigenvalue weighted by atomic mass is 16.2. The molecule has 0 saturated carbocycles. The summed E-state index contributed by atoms with van der Waals surface area (Å²) in [5.41, 5.74) is 0. The minimum absolute atomic E-state index is 0.0113. The Kier molecular flexibility index (Phi) is 8.37. The summed E-state index contributed by atoms with van der Waals surface area (Å²) in [6.45, 7) is 9.57. The minimum atomic E-state index is -0.101. The van der Waals surface area contributed by atoms with Crippen LogP contribution in [0.4, 0.5) is 0 Å². The molecule has 0 unspecified atom stereocenters. The molecule has 0 saturated heterocycles. The molecule has 0 aliphatic rings. The van der Waals surface area contributed by atoms with Crippen molar-refractivity contribution in [2.75, 3.05) is 26.7 Å². The molecular formula is C13H27N3O2. The monoisotopic (exact) mass is 257 g/mol. The van der Waals surface area contributed by atoms with Crippen molar-refractivity contribution in [3.8, 4) is 0 Å². The van der Waals surface area contributed by atoms with Crippen molar-refractivity contribution < 1.29 is 9.59 Å². The van der Waals surface area contributed by atoms with Crippen LogP contribution in [0, 0.1) is 5.92 Å². The maximum absolute atomic E-state index is 11.7. The van der Waals surface area contributed by atoms with Crippen molar-refractivity contribution in [2.24, 2.45) is 5.92 Å². The Balaban J connectivity index is 3.82. The normalized spacial score (nSPS) is 10.8. The molecule has 0 aliphatic heterocycles. The summed E-state index contributed by atoms with van der Waals surface area (Å²) < 4.78 is 0. The number of carbonyl (C=O) groups excluding carboxylic acids is 2. The van der Waals surface area contributed by atoms with Gasteiger partial charge in [0.05, 0.1) is 6.54 Å². The average Bonchev–Trinajstić information content (AvgIpc) is 2.25.